The predicted octanol–water partition coefficient (Wildman–Crippen LogP) is 2.94. The van der Waals surface area contributed by atoms with Crippen LogP contribution in [0, 0.1) is 11.3 Å². The summed E-state index contributed by atoms with van der Waals surface area (Å²) in [4.78, 5) is 0. The van der Waals surface area contributed by atoms with Gasteiger partial charge in [-0.25, -0.2) is 0 Å². The lowest BCUT2D eigenvalue weighted by atomic mass is 10.1. The van der Waals surface area contributed by atoms with Crippen molar-refractivity contribution in [2.24, 2.45) is 0 Å². The summed E-state index contributed by atoms with van der Waals surface area (Å²) in [6, 6.07) is 9.40. The summed E-state index contributed by atoms with van der Waals surface area (Å²) in [6.07, 6.45) is 0.209. The van der Waals surface area contributed by atoms with E-state index >= 15 is 0 Å². The van der Waals surface area contributed by atoms with E-state index in [2.05, 4.69) is 6.07 Å². The molecule has 0 spiro atoms. The zero-order chi connectivity index (χ0) is 9.68. The average Bonchev–Trinajstić information content (AvgIpc) is 2.16. The molecule has 0 fully saturated rings. The zero-order valence-corrected chi connectivity index (χ0v) is 8.08. The van der Waals surface area contributed by atoms with Gasteiger partial charge in [0, 0.05) is 12.1 Å². The van der Waals surface area contributed by atoms with E-state index in [1.807, 2.05) is 12.1 Å². The molecule has 0 N–H and O–H groups in total. The zero-order valence-electron chi connectivity index (χ0n) is 7.33. The molecule has 0 aliphatic carbocycles. The second-order valence-corrected chi connectivity index (χ2v) is 3.07. The maximum absolute atomic E-state index is 8.53. The first-order chi connectivity index (χ1) is 6.27. The number of nitrogens with zero attached hydrogens (tertiary/aromatic N) is 1. The highest BCUT2D eigenvalue weighted by atomic mass is 35.5. The molecule has 1 aromatic rings. The number of halogens is 1. The van der Waals surface area contributed by atoms with Crippen LogP contribution in [-0.4, -0.2) is 7.11 Å². The van der Waals surface area contributed by atoms with E-state index < -0.39 is 0 Å². The Balaban J connectivity index is 2.80. The van der Waals surface area contributed by atoms with Crippen LogP contribution >= 0.6 is 11.6 Å². The smallest absolute Gasteiger partial charge is 0.0950 e. The molecule has 2 nitrogen and oxygen atoms in total. The maximum Gasteiger partial charge on any atom is 0.0950 e. The molecule has 1 unspecified atom stereocenters. The number of methoxy groups -OCH3 is 1. The maximum atomic E-state index is 8.53. The van der Waals surface area contributed by atoms with Crippen molar-refractivity contribution in [3.8, 4) is 6.07 Å². The first-order valence-electron chi connectivity index (χ1n) is 3.93. The summed E-state index contributed by atoms with van der Waals surface area (Å²) in [5, 5.41) is 9.22. The minimum atomic E-state index is -0.151. The molecule has 0 saturated carbocycles. The van der Waals surface area contributed by atoms with Crippen LogP contribution in [0.4, 0.5) is 0 Å². The molecule has 0 heterocycles. The second-order valence-electron chi connectivity index (χ2n) is 2.64. The summed E-state index contributed by atoms with van der Waals surface area (Å²) in [7, 11) is 1.59. The second kappa shape index (κ2) is 4.86. The molecule has 13 heavy (non-hydrogen) atoms. The summed E-state index contributed by atoms with van der Waals surface area (Å²) in [5.74, 6) is 0. The third kappa shape index (κ3) is 2.73. The molecule has 1 atom stereocenters. The van der Waals surface area contributed by atoms with Crippen LogP contribution in [0.15, 0.2) is 24.3 Å². The van der Waals surface area contributed by atoms with Crippen LogP contribution in [0.2, 0.25) is 5.02 Å². The van der Waals surface area contributed by atoms with Crippen molar-refractivity contribution in [2.75, 3.05) is 7.11 Å². The lowest BCUT2D eigenvalue weighted by Gasteiger charge is -2.11. The number of rotatable bonds is 3. The van der Waals surface area contributed by atoms with Gasteiger partial charge >= 0.3 is 0 Å². The summed E-state index contributed by atoms with van der Waals surface area (Å²) >= 11 is 5.73. The van der Waals surface area contributed by atoms with Gasteiger partial charge in [-0.05, 0) is 17.7 Å². The van der Waals surface area contributed by atoms with E-state index in [1.165, 1.54) is 0 Å². The average molecular weight is 196 g/mol. The van der Waals surface area contributed by atoms with Crippen LogP contribution in [0.1, 0.15) is 18.1 Å². The third-order valence-corrected chi connectivity index (χ3v) is 2.05. The lowest BCUT2D eigenvalue weighted by Crippen LogP contribution is -1.99. The SMILES string of the molecule is COC(CC#N)c1ccc(Cl)cc1. The highest BCUT2D eigenvalue weighted by Crippen LogP contribution is 2.21. The Labute approximate surface area is 82.7 Å². The van der Waals surface area contributed by atoms with Gasteiger partial charge in [0.05, 0.1) is 18.6 Å². The normalized spacial score (nSPS) is 12.1. The minimum absolute atomic E-state index is 0.151. The molecule has 0 saturated heterocycles. The molecule has 1 rings (SSSR count). The molecular weight excluding hydrogens is 186 g/mol. The topological polar surface area (TPSA) is 33.0 Å². The van der Waals surface area contributed by atoms with Crippen molar-refractivity contribution in [1.29, 1.82) is 5.26 Å². The highest BCUT2D eigenvalue weighted by molar-refractivity contribution is 6.30. The van der Waals surface area contributed by atoms with Gasteiger partial charge in [-0.15, -0.1) is 0 Å². The molecule has 68 valence electrons. The minimum Gasteiger partial charge on any atom is -0.376 e. The van der Waals surface area contributed by atoms with Gasteiger partial charge in [0.2, 0.25) is 0 Å². The molecule has 0 bridgehead atoms. The monoisotopic (exact) mass is 195 g/mol. The molecule has 0 radical (unpaired) electrons. The van der Waals surface area contributed by atoms with Gasteiger partial charge in [-0.3, -0.25) is 0 Å². The Morgan fingerprint density at radius 1 is 1.46 bits per heavy atom. The van der Waals surface area contributed by atoms with Crippen molar-refractivity contribution >= 4 is 11.6 Å². The van der Waals surface area contributed by atoms with E-state index in [1.54, 1.807) is 19.2 Å². The van der Waals surface area contributed by atoms with Crippen molar-refractivity contribution in [3.05, 3.63) is 34.9 Å². The molecule has 0 aliphatic heterocycles. The van der Waals surface area contributed by atoms with E-state index in [4.69, 9.17) is 21.6 Å². The summed E-state index contributed by atoms with van der Waals surface area (Å²) < 4.78 is 5.15. The van der Waals surface area contributed by atoms with E-state index in [0.717, 1.165) is 5.56 Å². The molecule has 0 aliphatic rings. The standard InChI is InChI=1S/C10H10ClNO/c1-13-10(6-7-12)8-2-4-9(11)5-3-8/h2-5,10H,6H2,1H3. The molecular formula is C10H10ClNO. The molecule has 1 aromatic carbocycles. The molecule has 3 heteroatoms. The molecule has 0 aromatic heterocycles. The van der Waals surface area contributed by atoms with Gasteiger partial charge in [-0.1, -0.05) is 23.7 Å². The lowest BCUT2D eigenvalue weighted by molar-refractivity contribution is 0.107. The van der Waals surface area contributed by atoms with Crippen LogP contribution in [0.25, 0.3) is 0 Å². The van der Waals surface area contributed by atoms with Gasteiger partial charge in [0.1, 0.15) is 0 Å². The number of nitriles is 1. The van der Waals surface area contributed by atoms with Crippen LogP contribution in [0.3, 0.4) is 0 Å². The number of benzene rings is 1. The fourth-order valence-corrected chi connectivity index (χ4v) is 1.22. The summed E-state index contributed by atoms with van der Waals surface area (Å²) in [6.45, 7) is 0. The van der Waals surface area contributed by atoms with Gasteiger partial charge in [0.15, 0.2) is 0 Å². The first kappa shape index (κ1) is 10.0. The van der Waals surface area contributed by atoms with E-state index in [0.29, 0.717) is 11.4 Å². The van der Waals surface area contributed by atoms with Gasteiger partial charge in [-0.2, -0.15) is 5.26 Å². The molecule has 0 amide bonds. The van der Waals surface area contributed by atoms with E-state index in [9.17, 15) is 0 Å². The number of hydrogen-bond donors (Lipinski definition) is 0. The highest BCUT2D eigenvalue weighted by Gasteiger charge is 2.08. The Morgan fingerprint density at radius 3 is 2.54 bits per heavy atom. The van der Waals surface area contributed by atoms with Crippen molar-refractivity contribution < 1.29 is 4.74 Å². The third-order valence-electron chi connectivity index (χ3n) is 1.80. The predicted molar refractivity (Wildman–Crippen MR) is 51.4 cm³/mol. The van der Waals surface area contributed by atoms with Crippen molar-refractivity contribution in [3.63, 3.8) is 0 Å². The Morgan fingerprint density at radius 2 is 2.08 bits per heavy atom. The number of ether oxygens (including phenoxy) is 1. The van der Waals surface area contributed by atoms with E-state index in [-0.39, 0.29) is 6.10 Å². The van der Waals surface area contributed by atoms with Crippen molar-refractivity contribution in [2.45, 2.75) is 12.5 Å². The van der Waals surface area contributed by atoms with Crippen LogP contribution in [0.5, 0.6) is 0 Å². The fraction of sp³-hybridized carbons (Fsp3) is 0.300. The van der Waals surface area contributed by atoms with Crippen LogP contribution < -0.4 is 0 Å². The first-order valence-corrected chi connectivity index (χ1v) is 4.31. The summed E-state index contributed by atoms with van der Waals surface area (Å²) in [5.41, 5.74) is 0.980. The van der Waals surface area contributed by atoms with Crippen molar-refractivity contribution in [1.82, 2.24) is 0 Å². The van der Waals surface area contributed by atoms with Gasteiger partial charge in [0.25, 0.3) is 0 Å². The van der Waals surface area contributed by atoms with Gasteiger partial charge < -0.3 is 4.74 Å². The quantitative estimate of drug-likeness (QED) is 0.743. The fourth-order valence-electron chi connectivity index (χ4n) is 1.10. The largest absolute Gasteiger partial charge is 0.376 e. The Hall–Kier alpha value is -1.04. The number of hydrogen-bond acceptors (Lipinski definition) is 2. The Bertz CT molecular complexity index is 302. The van der Waals surface area contributed by atoms with Crippen LogP contribution in [-0.2, 0) is 4.74 Å². The Kier molecular flexibility index (Phi) is 3.75.